The molecule has 210 valence electrons. The van der Waals surface area contributed by atoms with Gasteiger partial charge in [-0.15, -0.1) is 0 Å². The lowest BCUT2D eigenvalue weighted by atomic mass is 9.66. The van der Waals surface area contributed by atoms with Crippen molar-refractivity contribution >= 4 is 28.3 Å². The van der Waals surface area contributed by atoms with E-state index in [0.717, 1.165) is 5.56 Å². The van der Waals surface area contributed by atoms with Crippen LogP contribution in [0.25, 0.3) is 11.0 Å². The number of epoxide rings is 1. The highest BCUT2D eigenvalue weighted by Gasteiger charge is 2.94. The molecule has 3 aliphatic carbocycles. The molecule has 2 bridgehead atoms. The standard InChI is InChI=1S/C34H26O8/c1-17(35)15-22(18-9-3-2-4-10-18)26-28(21-13-7-8-14-25(21)40-32(26)39)41-29-24-16-23(27(29)36)33-30(37)19-11-5-6-12-20(19)31(38)34(24,33)42-33/h2-14,22-24,27,29,36H,15-16H2,1H3. The molecule has 4 aliphatic rings. The van der Waals surface area contributed by atoms with Crippen molar-refractivity contribution in [2.45, 2.75) is 49.1 Å². The molecule has 1 N–H and O–H groups in total. The number of hydrogen-bond acceptors (Lipinski definition) is 8. The Bertz CT molecular complexity index is 1890. The molecular weight excluding hydrogens is 536 g/mol. The first-order valence-electron chi connectivity index (χ1n) is 14.1. The van der Waals surface area contributed by atoms with E-state index >= 15 is 0 Å². The quantitative estimate of drug-likeness (QED) is 0.273. The van der Waals surface area contributed by atoms with Crippen LogP contribution in [0.1, 0.15) is 57.5 Å². The number of benzene rings is 3. The maximum absolute atomic E-state index is 13.9. The first kappa shape index (κ1) is 25.3. The minimum Gasteiger partial charge on any atom is -0.486 e. The zero-order chi connectivity index (χ0) is 29.0. The number of aliphatic hydroxyl groups excluding tert-OH is 1. The van der Waals surface area contributed by atoms with Crippen molar-refractivity contribution in [2.75, 3.05) is 0 Å². The molecule has 0 amide bonds. The van der Waals surface area contributed by atoms with Gasteiger partial charge in [-0.2, -0.15) is 0 Å². The molecule has 2 heterocycles. The van der Waals surface area contributed by atoms with Gasteiger partial charge in [0.1, 0.15) is 23.2 Å². The van der Waals surface area contributed by atoms with Gasteiger partial charge in [0.05, 0.1) is 17.1 Å². The molecule has 1 aromatic heterocycles. The molecule has 7 atom stereocenters. The fourth-order valence-corrected chi connectivity index (χ4v) is 8.01. The molecule has 3 fully saturated rings. The molecule has 0 radical (unpaired) electrons. The number of para-hydroxylation sites is 1. The van der Waals surface area contributed by atoms with Crippen LogP contribution in [0.4, 0.5) is 0 Å². The summed E-state index contributed by atoms with van der Waals surface area (Å²) in [6.45, 7) is 1.46. The summed E-state index contributed by atoms with van der Waals surface area (Å²) in [4.78, 5) is 53.8. The van der Waals surface area contributed by atoms with Gasteiger partial charge in [-0.25, -0.2) is 4.79 Å². The Morgan fingerprint density at radius 3 is 2.21 bits per heavy atom. The Morgan fingerprint density at radius 2 is 1.52 bits per heavy atom. The molecule has 8 nitrogen and oxygen atoms in total. The average Bonchev–Trinajstić information content (AvgIpc) is 3.52. The molecule has 2 saturated carbocycles. The lowest BCUT2D eigenvalue weighted by Crippen LogP contribution is -2.58. The topological polar surface area (TPSA) is 123 Å². The van der Waals surface area contributed by atoms with Gasteiger partial charge < -0.3 is 19.0 Å². The summed E-state index contributed by atoms with van der Waals surface area (Å²) >= 11 is 0. The Labute approximate surface area is 239 Å². The third kappa shape index (κ3) is 3.03. The number of ether oxygens (including phenoxy) is 2. The molecule has 4 aromatic rings. The molecule has 0 spiro atoms. The van der Waals surface area contributed by atoms with Crippen LogP contribution in [0, 0.1) is 11.8 Å². The Morgan fingerprint density at radius 1 is 0.905 bits per heavy atom. The highest BCUT2D eigenvalue weighted by Crippen LogP contribution is 2.74. The number of Topliss-reactive ketones (excluding diaryl/α,β-unsaturated/α-hetero) is 3. The number of carbonyl (C=O) groups is 3. The predicted octanol–water partition coefficient (Wildman–Crippen LogP) is 4.25. The van der Waals surface area contributed by atoms with Crippen molar-refractivity contribution in [3.63, 3.8) is 0 Å². The van der Waals surface area contributed by atoms with Gasteiger partial charge >= 0.3 is 5.63 Å². The van der Waals surface area contributed by atoms with E-state index in [1.807, 2.05) is 30.3 Å². The minimum absolute atomic E-state index is 0.0304. The first-order chi connectivity index (χ1) is 20.3. The summed E-state index contributed by atoms with van der Waals surface area (Å²) in [5.41, 5.74) is -1.63. The van der Waals surface area contributed by atoms with E-state index in [1.54, 1.807) is 48.5 Å². The summed E-state index contributed by atoms with van der Waals surface area (Å²) < 4.78 is 18.6. The molecule has 3 aromatic carbocycles. The molecule has 8 rings (SSSR count). The van der Waals surface area contributed by atoms with Gasteiger partial charge in [0.25, 0.3) is 0 Å². The Hall–Kier alpha value is -4.40. The zero-order valence-electron chi connectivity index (χ0n) is 22.6. The Balaban J connectivity index is 1.28. The second-order valence-electron chi connectivity index (χ2n) is 11.8. The third-order valence-electron chi connectivity index (χ3n) is 9.72. The first-order valence-corrected chi connectivity index (χ1v) is 14.1. The highest BCUT2D eigenvalue weighted by atomic mass is 16.7. The fourth-order valence-electron chi connectivity index (χ4n) is 8.01. The van der Waals surface area contributed by atoms with Crippen LogP contribution >= 0.6 is 0 Å². The number of carbonyl (C=O) groups excluding carboxylic acids is 3. The van der Waals surface area contributed by atoms with E-state index in [0.29, 0.717) is 28.5 Å². The van der Waals surface area contributed by atoms with E-state index in [9.17, 15) is 24.3 Å². The van der Waals surface area contributed by atoms with Crippen molar-refractivity contribution in [2.24, 2.45) is 11.8 Å². The summed E-state index contributed by atoms with van der Waals surface area (Å²) in [6, 6.07) is 22.8. The second kappa shape index (κ2) is 8.56. The van der Waals surface area contributed by atoms with E-state index in [1.165, 1.54) is 6.92 Å². The number of rotatable bonds is 6. The largest absolute Gasteiger partial charge is 0.486 e. The highest BCUT2D eigenvalue weighted by molar-refractivity contribution is 6.26. The van der Waals surface area contributed by atoms with Gasteiger partial charge in [-0.3, -0.25) is 14.4 Å². The van der Waals surface area contributed by atoms with Crippen LogP contribution in [0.3, 0.4) is 0 Å². The second-order valence-corrected chi connectivity index (χ2v) is 11.8. The smallest absolute Gasteiger partial charge is 0.343 e. The summed E-state index contributed by atoms with van der Waals surface area (Å²) in [5.74, 6) is -2.41. The van der Waals surface area contributed by atoms with Crippen LogP contribution in [-0.2, 0) is 9.53 Å². The van der Waals surface area contributed by atoms with Gasteiger partial charge in [0, 0.05) is 35.3 Å². The summed E-state index contributed by atoms with van der Waals surface area (Å²) in [5, 5.41) is 12.1. The number of ketones is 3. The molecule has 8 heteroatoms. The fraction of sp³-hybridized carbons (Fsp3) is 0.294. The number of hydrogen-bond donors (Lipinski definition) is 1. The lowest BCUT2D eigenvalue weighted by Gasteiger charge is -2.36. The summed E-state index contributed by atoms with van der Waals surface area (Å²) in [7, 11) is 0. The third-order valence-corrected chi connectivity index (χ3v) is 9.72. The number of fused-ring (bicyclic) bond motifs is 4. The van der Waals surface area contributed by atoms with Crippen molar-refractivity contribution in [3.05, 3.63) is 112 Å². The predicted molar refractivity (Wildman–Crippen MR) is 150 cm³/mol. The molecular formula is C34H26O8. The SMILES string of the molecule is CC(=O)CC(c1ccccc1)c1c(OC2C(O)C3CC2C24OC32C(=O)c2ccccc2C4=O)c2ccccc2oc1=O. The van der Waals surface area contributed by atoms with Crippen LogP contribution < -0.4 is 10.4 Å². The van der Waals surface area contributed by atoms with Crippen LogP contribution in [-0.4, -0.2) is 45.9 Å². The normalized spacial score (nSPS) is 30.9. The monoisotopic (exact) mass is 562 g/mol. The maximum atomic E-state index is 13.9. The molecule has 7 unspecified atom stereocenters. The van der Waals surface area contributed by atoms with Gasteiger partial charge in [-0.05, 0) is 31.0 Å². The van der Waals surface area contributed by atoms with Crippen molar-refractivity contribution < 1.29 is 33.4 Å². The molecule has 42 heavy (non-hydrogen) atoms. The molecule has 1 aliphatic heterocycles. The van der Waals surface area contributed by atoms with Gasteiger partial charge in [0.2, 0.25) is 0 Å². The summed E-state index contributed by atoms with van der Waals surface area (Å²) in [6.07, 6.45) is -1.68. The van der Waals surface area contributed by atoms with Gasteiger partial charge in [0.15, 0.2) is 22.8 Å². The number of aliphatic hydroxyl groups is 1. The lowest BCUT2D eigenvalue weighted by molar-refractivity contribution is -0.117. The van der Waals surface area contributed by atoms with Crippen molar-refractivity contribution in [3.8, 4) is 5.75 Å². The van der Waals surface area contributed by atoms with Crippen molar-refractivity contribution in [1.82, 2.24) is 0 Å². The van der Waals surface area contributed by atoms with E-state index in [-0.39, 0.29) is 35.1 Å². The van der Waals surface area contributed by atoms with Crippen molar-refractivity contribution in [1.29, 1.82) is 0 Å². The van der Waals surface area contributed by atoms with E-state index in [4.69, 9.17) is 13.9 Å². The molecule has 1 saturated heterocycles. The Kier molecular flexibility index (Phi) is 5.16. The van der Waals surface area contributed by atoms with E-state index < -0.39 is 46.8 Å². The average molecular weight is 563 g/mol. The van der Waals surface area contributed by atoms with Gasteiger partial charge in [-0.1, -0.05) is 66.7 Å². The maximum Gasteiger partial charge on any atom is 0.343 e. The van der Waals surface area contributed by atoms with Crippen LogP contribution in [0.5, 0.6) is 5.75 Å². The van der Waals surface area contributed by atoms with Crippen LogP contribution in [0.15, 0.2) is 88.1 Å². The van der Waals surface area contributed by atoms with E-state index in [2.05, 4.69) is 0 Å². The zero-order valence-corrected chi connectivity index (χ0v) is 22.6. The van der Waals surface area contributed by atoms with Crippen LogP contribution in [0.2, 0.25) is 0 Å². The minimum atomic E-state index is -1.42.